The lowest BCUT2D eigenvalue weighted by molar-refractivity contribution is 0.149. The molecule has 0 radical (unpaired) electrons. The Hall–Kier alpha value is -0.113. The minimum absolute atomic E-state index is 0.692. The first-order valence-electron chi connectivity index (χ1n) is 4.87. The lowest BCUT2D eigenvalue weighted by atomic mass is 9.93. The molecule has 1 unspecified atom stereocenters. The molecular weight excluding hydrogens is 258 g/mol. The van der Waals surface area contributed by atoms with E-state index in [1.165, 1.54) is 0 Å². The van der Waals surface area contributed by atoms with Crippen molar-refractivity contribution in [3.05, 3.63) is 10.6 Å². The van der Waals surface area contributed by atoms with Gasteiger partial charge >= 0.3 is 0 Å². The van der Waals surface area contributed by atoms with E-state index in [-0.39, 0.29) is 0 Å². The van der Waals surface area contributed by atoms with Crippen molar-refractivity contribution in [1.82, 2.24) is 0 Å². The number of allylic oxidation sites excluding steroid dienone is 1. The number of nitriles is 1. The maximum atomic E-state index is 9.25. The van der Waals surface area contributed by atoms with Gasteiger partial charge in [0.1, 0.15) is 6.07 Å². The molecule has 1 aliphatic carbocycles. The molecule has 14 heavy (non-hydrogen) atoms. The first-order valence-corrected chi connectivity index (χ1v) is 9.07. The Balaban J connectivity index is 2.93. The van der Waals surface area contributed by atoms with Crippen LogP contribution in [0.4, 0.5) is 0 Å². The first-order chi connectivity index (χ1) is 6.40. The molecule has 0 spiro atoms. The van der Waals surface area contributed by atoms with Gasteiger partial charge in [-0.1, -0.05) is 22.0 Å². The van der Waals surface area contributed by atoms with Crippen molar-refractivity contribution in [1.29, 1.82) is 5.26 Å². The number of hydrogen-bond acceptors (Lipinski definition) is 2. The Bertz CT molecular complexity index is 289. The van der Waals surface area contributed by atoms with Crippen LogP contribution in [0.3, 0.4) is 0 Å². The summed E-state index contributed by atoms with van der Waals surface area (Å²) in [7, 11) is -1.67. The van der Waals surface area contributed by atoms with E-state index < -0.39 is 13.9 Å². The van der Waals surface area contributed by atoms with E-state index in [4.69, 9.17) is 4.43 Å². The molecular formula is C10H16BrNOSi. The zero-order chi connectivity index (χ0) is 10.8. The molecule has 0 aromatic rings. The Morgan fingerprint density at radius 3 is 2.64 bits per heavy atom. The fourth-order valence-corrected chi connectivity index (χ4v) is 3.67. The lowest BCUT2D eigenvalue weighted by Gasteiger charge is -2.35. The molecule has 0 aliphatic heterocycles. The second-order valence-corrected chi connectivity index (χ2v) is 9.88. The minimum atomic E-state index is -1.67. The van der Waals surface area contributed by atoms with E-state index in [0.717, 1.165) is 23.7 Å². The molecule has 0 bridgehead atoms. The quantitative estimate of drug-likeness (QED) is 0.721. The highest BCUT2D eigenvalue weighted by Gasteiger charge is 2.39. The maximum Gasteiger partial charge on any atom is 0.186 e. The molecule has 78 valence electrons. The van der Waals surface area contributed by atoms with Crippen LogP contribution in [-0.4, -0.2) is 13.9 Å². The monoisotopic (exact) mass is 273 g/mol. The average molecular weight is 274 g/mol. The van der Waals surface area contributed by atoms with Gasteiger partial charge in [-0.3, -0.25) is 0 Å². The van der Waals surface area contributed by atoms with Crippen molar-refractivity contribution in [3.8, 4) is 6.07 Å². The predicted octanol–water partition coefficient (Wildman–Crippen LogP) is 3.56. The molecule has 0 N–H and O–H groups in total. The topological polar surface area (TPSA) is 33.0 Å². The first kappa shape index (κ1) is 12.0. The van der Waals surface area contributed by atoms with Gasteiger partial charge in [-0.25, -0.2) is 0 Å². The van der Waals surface area contributed by atoms with Crippen LogP contribution in [0.5, 0.6) is 0 Å². The van der Waals surface area contributed by atoms with Crippen molar-refractivity contribution < 1.29 is 4.43 Å². The van der Waals surface area contributed by atoms with Gasteiger partial charge in [0, 0.05) is 4.48 Å². The highest BCUT2D eigenvalue weighted by Crippen LogP contribution is 2.37. The molecule has 0 aromatic carbocycles. The van der Waals surface area contributed by atoms with Crippen molar-refractivity contribution in [2.45, 2.75) is 44.5 Å². The van der Waals surface area contributed by atoms with Gasteiger partial charge < -0.3 is 4.43 Å². The lowest BCUT2D eigenvalue weighted by Crippen LogP contribution is -2.43. The van der Waals surface area contributed by atoms with E-state index in [0.29, 0.717) is 0 Å². The molecule has 0 amide bonds. The third-order valence-corrected chi connectivity index (χ3v) is 4.03. The van der Waals surface area contributed by atoms with Gasteiger partial charge in [0.15, 0.2) is 13.9 Å². The van der Waals surface area contributed by atoms with Crippen molar-refractivity contribution in [3.63, 3.8) is 0 Å². The average Bonchev–Trinajstić information content (AvgIpc) is 2.07. The van der Waals surface area contributed by atoms with Crippen LogP contribution in [0.2, 0.25) is 19.6 Å². The van der Waals surface area contributed by atoms with E-state index >= 15 is 0 Å². The Labute approximate surface area is 95.2 Å². The Morgan fingerprint density at radius 2 is 2.21 bits per heavy atom. The smallest absolute Gasteiger partial charge is 0.186 e. The van der Waals surface area contributed by atoms with Crippen LogP contribution in [0.15, 0.2) is 10.6 Å². The third-order valence-electron chi connectivity index (χ3n) is 2.10. The summed E-state index contributed by atoms with van der Waals surface area (Å²) in [4.78, 5) is 0. The number of rotatable bonds is 2. The fraction of sp³-hybridized carbons (Fsp3) is 0.700. The summed E-state index contributed by atoms with van der Waals surface area (Å²) in [6, 6.07) is 2.32. The van der Waals surface area contributed by atoms with Gasteiger partial charge in [0.2, 0.25) is 0 Å². The van der Waals surface area contributed by atoms with Crippen molar-refractivity contribution >= 4 is 24.2 Å². The number of halogens is 1. The van der Waals surface area contributed by atoms with Crippen molar-refractivity contribution in [2.24, 2.45) is 0 Å². The van der Waals surface area contributed by atoms with Crippen LogP contribution >= 0.6 is 15.9 Å². The van der Waals surface area contributed by atoms with E-state index in [2.05, 4.69) is 47.7 Å². The van der Waals surface area contributed by atoms with Crippen LogP contribution in [0.25, 0.3) is 0 Å². The van der Waals surface area contributed by atoms with Crippen LogP contribution < -0.4 is 0 Å². The maximum absolute atomic E-state index is 9.25. The summed E-state index contributed by atoms with van der Waals surface area (Å²) in [6.45, 7) is 6.34. The summed E-state index contributed by atoms with van der Waals surface area (Å²) >= 11 is 3.46. The van der Waals surface area contributed by atoms with Gasteiger partial charge in [0.05, 0.1) is 0 Å². The van der Waals surface area contributed by atoms with E-state index in [9.17, 15) is 5.26 Å². The van der Waals surface area contributed by atoms with Crippen LogP contribution in [0, 0.1) is 11.3 Å². The molecule has 4 heteroatoms. The van der Waals surface area contributed by atoms with Gasteiger partial charge in [0.25, 0.3) is 0 Å². The highest BCUT2D eigenvalue weighted by molar-refractivity contribution is 9.11. The van der Waals surface area contributed by atoms with Gasteiger partial charge in [-0.05, 0) is 38.9 Å². The third kappa shape index (κ3) is 2.69. The standard InChI is InChI=1S/C10H16BrNOSi/c1-14(2,3)13-10(8-12)7-5-4-6-9(10)11/h6H,4-5,7H2,1-3H3. The Kier molecular flexibility index (Phi) is 3.57. The summed E-state index contributed by atoms with van der Waals surface area (Å²) in [6.07, 6.45) is 4.95. The van der Waals surface area contributed by atoms with Gasteiger partial charge in [-0.2, -0.15) is 5.26 Å². The molecule has 0 saturated carbocycles. The molecule has 0 fully saturated rings. The summed E-state index contributed by atoms with van der Waals surface area (Å²) in [5, 5.41) is 9.25. The minimum Gasteiger partial charge on any atom is -0.396 e. The largest absolute Gasteiger partial charge is 0.396 e. The molecule has 1 atom stereocenters. The van der Waals surface area contributed by atoms with E-state index in [1.54, 1.807) is 0 Å². The molecule has 1 aliphatic rings. The van der Waals surface area contributed by atoms with Crippen molar-refractivity contribution in [2.75, 3.05) is 0 Å². The van der Waals surface area contributed by atoms with Crippen LogP contribution in [0.1, 0.15) is 19.3 Å². The molecule has 1 rings (SSSR count). The van der Waals surface area contributed by atoms with Crippen LogP contribution in [-0.2, 0) is 4.43 Å². The normalized spacial score (nSPS) is 28.1. The summed E-state index contributed by atoms with van der Waals surface area (Å²) < 4.78 is 6.91. The predicted molar refractivity (Wildman–Crippen MR) is 63.6 cm³/mol. The summed E-state index contributed by atoms with van der Waals surface area (Å²) in [5.74, 6) is 0. The zero-order valence-corrected chi connectivity index (χ0v) is 11.5. The molecule has 0 saturated heterocycles. The zero-order valence-electron chi connectivity index (χ0n) is 8.93. The summed E-state index contributed by atoms with van der Waals surface area (Å²) in [5.41, 5.74) is -0.692. The SMILES string of the molecule is C[Si](C)(C)OC1(C#N)CCCC=C1Br. The molecule has 0 heterocycles. The molecule has 2 nitrogen and oxygen atoms in total. The second kappa shape index (κ2) is 4.17. The second-order valence-electron chi connectivity index (χ2n) is 4.60. The number of hydrogen-bond donors (Lipinski definition) is 0. The number of nitrogens with zero attached hydrogens (tertiary/aromatic N) is 1. The fourth-order valence-electron chi connectivity index (χ4n) is 1.62. The molecule has 0 aromatic heterocycles. The van der Waals surface area contributed by atoms with E-state index in [1.807, 2.05) is 0 Å². The Morgan fingerprint density at radius 1 is 1.57 bits per heavy atom. The highest BCUT2D eigenvalue weighted by atomic mass is 79.9. The van der Waals surface area contributed by atoms with Gasteiger partial charge in [-0.15, -0.1) is 0 Å².